The molecule has 0 spiro atoms. The van der Waals surface area contributed by atoms with Crippen LogP contribution in [0.25, 0.3) is 5.69 Å². The van der Waals surface area contributed by atoms with Gasteiger partial charge in [0.05, 0.1) is 23.3 Å². The molecule has 0 aliphatic rings. The van der Waals surface area contributed by atoms with Crippen molar-refractivity contribution in [3.05, 3.63) is 69.9 Å². The average Bonchev–Trinajstić information content (AvgIpc) is 3.01. The fraction of sp³-hybridized carbons (Fsp3) is 0.133. The standard InChI is InChI=1S/C15H14ClN5O/c16-14-13(10-18-19-15(14)22)17-8-6-11-7-9-21(20-11)12-4-2-1-3-5-12/h1-5,7,9-10H,6,8H2,(H2,17,19,22). The van der Waals surface area contributed by atoms with Gasteiger partial charge in [-0.25, -0.2) is 9.78 Å². The Morgan fingerprint density at radius 1 is 1.23 bits per heavy atom. The van der Waals surface area contributed by atoms with E-state index in [4.69, 9.17) is 11.6 Å². The van der Waals surface area contributed by atoms with Gasteiger partial charge in [-0.15, -0.1) is 0 Å². The quantitative estimate of drug-likeness (QED) is 0.757. The van der Waals surface area contributed by atoms with E-state index < -0.39 is 5.56 Å². The predicted octanol–water partition coefficient (Wildman–Crippen LogP) is 2.26. The highest BCUT2D eigenvalue weighted by molar-refractivity contribution is 6.32. The zero-order valence-electron chi connectivity index (χ0n) is 11.7. The summed E-state index contributed by atoms with van der Waals surface area (Å²) in [6.45, 7) is 0.608. The van der Waals surface area contributed by atoms with Crippen molar-refractivity contribution in [3.8, 4) is 5.69 Å². The number of aromatic amines is 1. The molecule has 2 heterocycles. The van der Waals surface area contributed by atoms with Crippen LogP contribution >= 0.6 is 11.6 Å². The first-order valence-corrected chi connectivity index (χ1v) is 7.19. The van der Waals surface area contributed by atoms with Gasteiger partial charge in [0.2, 0.25) is 0 Å². The average molecular weight is 316 g/mol. The van der Waals surface area contributed by atoms with Crippen LogP contribution in [-0.2, 0) is 6.42 Å². The summed E-state index contributed by atoms with van der Waals surface area (Å²) >= 11 is 5.89. The Morgan fingerprint density at radius 3 is 2.86 bits per heavy atom. The molecule has 0 aliphatic heterocycles. The van der Waals surface area contributed by atoms with Crippen molar-refractivity contribution in [2.75, 3.05) is 11.9 Å². The summed E-state index contributed by atoms with van der Waals surface area (Å²) in [4.78, 5) is 11.3. The molecule has 0 aliphatic carbocycles. The monoisotopic (exact) mass is 315 g/mol. The minimum Gasteiger partial charge on any atom is -0.382 e. The molecule has 0 saturated heterocycles. The molecule has 6 nitrogen and oxygen atoms in total. The van der Waals surface area contributed by atoms with Crippen molar-refractivity contribution in [1.29, 1.82) is 0 Å². The van der Waals surface area contributed by atoms with Gasteiger partial charge in [-0.3, -0.25) is 4.79 Å². The van der Waals surface area contributed by atoms with Crippen LogP contribution in [-0.4, -0.2) is 26.5 Å². The number of para-hydroxylation sites is 1. The first-order valence-electron chi connectivity index (χ1n) is 6.81. The second-order valence-electron chi connectivity index (χ2n) is 4.69. The van der Waals surface area contributed by atoms with Crippen LogP contribution in [0.5, 0.6) is 0 Å². The number of hydrogen-bond donors (Lipinski definition) is 2. The van der Waals surface area contributed by atoms with Gasteiger partial charge < -0.3 is 5.32 Å². The molecule has 0 bridgehead atoms. The zero-order valence-corrected chi connectivity index (χ0v) is 12.4. The number of H-pyrrole nitrogens is 1. The molecule has 0 amide bonds. The van der Waals surface area contributed by atoms with Crippen molar-refractivity contribution in [2.24, 2.45) is 0 Å². The molecule has 112 valence electrons. The van der Waals surface area contributed by atoms with Crippen LogP contribution in [0, 0.1) is 0 Å². The minimum absolute atomic E-state index is 0.116. The van der Waals surface area contributed by atoms with Gasteiger partial charge in [-0.1, -0.05) is 29.8 Å². The highest BCUT2D eigenvalue weighted by Gasteiger charge is 2.05. The van der Waals surface area contributed by atoms with Gasteiger partial charge >= 0.3 is 0 Å². The van der Waals surface area contributed by atoms with E-state index in [0.29, 0.717) is 18.7 Å². The smallest absolute Gasteiger partial charge is 0.285 e. The summed E-state index contributed by atoms with van der Waals surface area (Å²) in [6, 6.07) is 11.9. The maximum Gasteiger partial charge on any atom is 0.285 e. The third-order valence-corrected chi connectivity index (χ3v) is 3.53. The number of anilines is 1. The topological polar surface area (TPSA) is 75.6 Å². The molecule has 1 aromatic carbocycles. The molecule has 22 heavy (non-hydrogen) atoms. The normalized spacial score (nSPS) is 10.6. The fourth-order valence-corrected chi connectivity index (χ4v) is 2.21. The lowest BCUT2D eigenvalue weighted by molar-refractivity contribution is 0.830. The van der Waals surface area contributed by atoms with Crippen molar-refractivity contribution < 1.29 is 0 Å². The van der Waals surface area contributed by atoms with E-state index in [0.717, 1.165) is 11.4 Å². The number of benzene rings is 1. The summed E-state index contributed by atoms with van der Waals surface area (Å²) in [5.41, 5.74) is 2.08. The minimum atomic E-state index is -0.403. The fourth-order valence-electron chi connectivity index (χ4n) is 2.05. The van der Waals surface area contributed by atoms with Gasteiger partial charge in [-0.05, 0) is 18.2 Å². The highest BCUT2D eigenvalue weighted by Crippen LogP contribution is 2.14. The van der Waals surface area contributed by atoms with Crippen molar-refractivity contribution in [3.63, 3.8) is 0 Å². The van der Waals surface area contributed by atoms with E-state index in [1.54, 1.807) is 0 Å². The van der Waals surface area contributed by atoms with Gasteiger partial charge in [0.15, 0.2) is 0 Å². The summed E-state index contributed by atoms with van der Waals surface area (Å²) in [6.07, 6.45) is 4.13. The Balaban J connectivity index is 1.62. The molecule has 2 aromatic heterocycles. The lowest BCUT2D eigenvalue weighted by Gasteiger charge is -2.05. The molecule has 3 aromatic rings. The maximum atomic E-state index is 11.3. The molecule has 0 radical (unpaired) electrons. The van der Waals surface area contributed by atoms with Crippen molar-refractivity contribution >= 4 is 17.3 Å². The summed E-state index contributed by atoms with van der Waals surface area (Å²) < 4.78 is 1.83. The first kappa shape index (κ1) is 14.3. The number of halogens is 1. The molecule has 0 unspecified atom stereocenters. The molecule has 3 rings (SSSR count). The molecule has 0 atom stereocenters. The highest BCUT2D eigenvalue weighted by atomic mass is 35.5. The number of nitrogens with one attached hydrogen (secondary N) is 2. The van der Waals surface area contributed by atoms with E-state index in [2.05, 4.69) is 20.6 Å². The third kappa shape index (κ3) is 3.17. The molecular formula is C15H14ClN5O. The van der Waals surface area contributed by atoms with Crippen LogP contribution in [0.15, 0.2) is 53.6 Å². The second-order valence-corrected chi connectivity index (χ2v) is 5.07. The summed E-state index contributed by atoms with van der Waals surface area (Å²) in [7, 11) is 0. The molecule has 0 saturated carbocycles. The lowest BCUT2D eigenvalue weighted by atomic mass is 10.3. The van der Waals surface area contributed by atoms with E-state index in [1.165, 1.54) is 6.20 Å². The predicted molar refractivity (Wildman–Crippen MR) is 85.6 cm³/mol. The van der Waals surface area contributed by atoms with E-state index >= 15 is 0 Å². The second kappa shape index (κ2) is 6.44. The van der Waals surface area contributed by atoms with Crippen LogP contribution in [0.3, 0.4) is 0 Å². The van der Waals surface area contributed by atoms with Gasteiger partial charge in [0.25, 0.3) is 5.56 Å². The van der Waals surface area contributed by atoms with Crippen LogP contribution in [0.1, 0.15) is 5.69 Å². The SMILES string of the molecule is O=c1[nH]ncc(NCCc2ccn(-c3ccccc3)n2)c1Cl. The molecule has 7 heteroatoms. The third-order valence-electron chi connectivity index (χ3n) is 3.16. The van der Waals surface area contributed by atoms with E-state index in [1.807, 2.05) is 47.3 Å². The van der Waals surface area contributed by atoms with Crippen LogP contribution in [0.2, 0.25) is 5.02 Å². The summed E-state index contributed by atoms with van der Waals surface area (Å²) in [5.74, 6) is 0. The van der Waals surface area contributed by atoms with Gasteiger partial charge in [-0.2, -0.15) is 10.2 Å². The largest absolute Gasteiger partial charge is 0.382 e. The van der Waals surface area contributed by atoms with Gasteiger partial charge in [0, 0.05) is 19.2 Å². The van der Waals surface area contributed by atoms with E-state index in [9.17, 15) is 4.79 Å². The Morgan fingerprint density at radius 2 is 2.05 bits per heavy atom. The number of nitrogens with zero attached hydrogens (tertiary/aromatic N) is 3. The number of hydrogen-bond acceptors (Lipinski definition) is 4. The molecule has 2 N–H and O–H groups in total. The molecule has 0 fully saturated rings. The van der Waals surface area contributed by atoms with Crippen LogP contribution in [0.4, 0.5) is 5.69 Å². The Kier molecular flexibility index (Phi) is 4.20. The Hall–Kier alpha value is -2.60. The number of aromatic nitrogens is 4. The van der Waals surface area contributed by atoms with Crippen molar-refractivity contribution in [2.45, 2.75) is 6.42 Å². The lowest BCUT2D eigenvalue weighted by Crippen LogP contribution is -2.13. The Labute approximate surface area is 131 Å². The first-order chi connectivity index (χ1) is 10.7. The molecular weight excluding hydrogens is 302 g/mol. The van der Waals surface area contributed by atoms with Crippen molar-refractivity contribution in [1.82, 2.24) is 20.0 Å². The summed E-state index contributed by atoms with van der Waals surface area (Å²) in [5, 5.41) is 13.7. The maximum absolute atomic E-state index is 11.3. The van der Waals surface area contributed by atoms with E-state index in [-0.39, 0.29) is 5.02 Å². The van der Waals surface area contributed by atoms with Gasteiger partial charge in [0.1, 0.15) is 5.02 Å². The number of rotatable bonds is 5. The van der Waals surface area contributed by atoms with Crippen LogP contribution < -0.4 is 10.9 Å². The zero-order chi connectivity index (χ0) is 15.4. The Bertz CT molecular complexity index is 812.